The highest BCUT2D eigenvalue weighted by Gasteiger charge is 2.26. The average molecular weight is 429 g/mol. The average Bonchev–Trinajstić information content (AvgIpc) is 2.83. The first kappa shape index (κ1) is 20.2. The minimum absolute atomic E-state index is 0.305. The molecule has 0 unspecified atom stereocenters. The molecule has 0 bridgehead atoms. The number of hydrogen-bond donors (Lipinski definition) is 0. The maximum absolute atomic E-state index is 14.2. The number of aromatic nitrogens is 2. The van der Waals surface area contributed by atoms with E-state index in [1.54, 1.807) is 6.20 Å². The molecule has 1 aliphatic rings. The molecule has 6 heteroatoms. The summed E-state index contributed by atoms with van der Waals surface area (Å²) >= 11 is 0. The molecule has 0 saturated carbocycles. The van der Waals surface area contributed by atoms with E-state index in [9.17, 15) is 4.39 Å². The second kappa shape index (κ2) is 8.11. The zero-order valence-electron chi connectivity index (χ0n) is 18.5. The highest BCUT2D eigenvalue weighted by Crippen LogP contribution is 2.44. The number of hydrogen-bond acceptors (Lipinski definition) is 5. The van der Waals surface area contributed by atoms with Crippen LogP contribution in [0.3, 0.4) is 0 Å². The van der Waals surface area contributed by atoms with Gasteiger partial charge in [0.2, 0.25) is 0 Å². The number of halogens is 1. The third-order valence-corrected chi connectivity index (χ3v) is 6.06. The number of anilines is 3. The summed E-state index contributed by atoms with van der Waals surface area (Å²) in [7, 11) is 2.07. The van der Waals surface area contributed by atoms with Gasteiger partial charge in [0, 0.05) is 42.5 Å². The van der Waals surface area contributed by atoms with Crippen molar-refractivity contribution < 1.29 is 9.13 Å². The van der Waals surface area contributed by atoms with Crippen molar-refractivity contribution in [2.75, 3.05) is 36.5 Å². The number of nitrogens with zero attached hydrogens (tertiary/aromatic N) is 4. The van der Waals surface area contributed by atoms with E-state index in [0.29, 0.717) is 18.7 Å². The first-order chi connectivity index (χ1) is 15.6. The van der Waals surface area contributed by atoms with Gasteiger partial charge in [-0.2, -0.15) is 0 Å². The lowest BCUT2D eigenvalue weighted by Gasteiger charge is -2.34. The SMILES string of the molecule is CCN(C)c1ccc2c(c1)N(c1c(C)c(-c3ccccn3)nc3cc(F)ccc13)CCO2. The molecule has 3 heterocycles. The summed E-state index contributed by atoms with van der Waals surface area (Å²) in [6.07, 6.45) is 1.75. The van der Waals surface area contributed by atoms with Crippen LogP contribution in [0.2, 0.25) is 0 Å². The molecule has 0 N–H and O–H groups in total. The Labute approximate surface area is 187 Å². The van der Waals surface area contributed by atoms with Crippen molar-refractivity contribution in [2.24, 2.45) is 0 Å². The minimum atomic E-state index is -0.305. The molecular formula is C26H25FN4O. The molecule has 5 nitrogen and oxygen atoms in total. The molecule has 5 rings (SSSR count). The van der Waals surface area contributed by atoms with Gasteiger partial charge < -0.3 is 14.5 Å². The molecule has 4 aromatic rings. The first-order valence-corrected chi connectivity index (χ1v) is 10.8. The van der Waals surface area contributed by atoms with Gasteiger partial charge in [0.1, 0.15) is 18.2 Å². The highest BCUT2D eigenvalue weighted by molar-refractivity contribution is 5.99. The second-order valence-corrected chi connectivity index (χ2v) is 7.98. The van der Waals surface area contributed by atoms with Crippen LogP contribution in [0.4, 0.5) is 21.5 Å². The molecular weight excluding hydrogens is 403 g/mol. The zero-order valence-corrected chi connectivity index (χ0v) is 18.5. The van der Waals surface area contributed by atoms with Crippen LogP contribution >= 0.6 is 0 Å². The van der Waals surface area contributed by atoms with Crippen molar-refractivity contribution in [3.8, 4) is 17.1 Å². The largest absolute Gasteiger partial charge is 0.490 e. The van der Waals surface area contributed by atoms with E-state index in [4.69, 9.17) is 9.72 Å². The molecule has 1 aliphatic heterocycles. The van der Waals surface area contributed by atoms with Gasteiger partial charge >= 0.3 is 0 Å². The molecule has 0 saturated heterocycles. The van der Waals surface area contributed by atoms with Gasteiger partial charge in [-0.15, -0.1) is 0 Å². The first-order valence-electron chi connectivity index (χ1n) is 10.8. The Morgan fingerprint density at radius 2 is 2.00 bits per heavy atom. The molecule has 32 heavy (non-hydrogen) atoms. The fourth-order valence-electron chi connectivity index (χ4n) is 4.27. The summed E-state index contributed by atoms with van der Waals surface area (Å²) in [5.41, 5.74) is 6.27. The van der Waals surface area contributed by atoms with Crippen LogP contribution in [0, 0.1) is 12.7 Å². The quantitative estimate of drug-likeness (QED) is 0.415. The Morgan fingerprint density at radius 3 is 2.78 bits per heavy atom. The Morgan fingerprint density at radius 1 is 1.12 bits per heavy atom. The van der Waals surface area contributed by atoms with E-state index in [2.05, 4.69) is 47.8 Å². The van der Waals surface area contributed by atoms with Crippen LogP contribution in [-0.2, 0) is 0 Å². The summed E-state index contributed by atoms with van der Waals surface area (Å²) in [6, 6.07) is 16.8. The molecule has 0 amide bonds. The summed E-state index contributed by atoms with van der Waals surface area (Å²) in [5.74, 6) is 0.538. The Hall–Kier alpha value is -3.67. The van der Waals surface area contributed by atoms with E-state index in [1.165, 1.54) is 12.1 Å². The van der Waals surface area contributed by atoms with Crippen molar-refractivity contribution in [1.29, 1.82) is 0 Å². The Bertz CT molecular complexity index is 1290. The summed E-state index contributed by atoms with van der Waals surface area (Å²) in [5, 5.41) is 0.908. The van der Waals surface area contributed by atoms with Crippen LogP contribution in [0.1, 0.15) is 12.5 Å². The topological polar surface area (TPSA) is 41.5 Å². The predicted octanol–water partition coefficient (Wildman–Crippen LogP) is 5.73. The number of rotatable bonds is 4. The lowest BCUT2D eigenvalue weighted by atomic mass is 10.0. The van der Waals surface area contributed by atoms with Gasteiger partial charge in [0.25, 0.3) is 0 Å². The van der Waals surface area contributed by atoms with Crippen molar-refractivity contribution in [1.82, 2.24) is 9.97 Å². The van der Waals surface area contributed by atoms with Crippen LogP contribution < -0.4 is 14.5 Å². The third kappa shape index (κ3) is 3.42. The molecule has 0 fully saturated rings. The number of ether oxygens (including phenoxy) is 1. The van der Waals surface area contributed by atoms with E-state index >= 15 is 0 Å². The normalized spacial score (nSPS) is 13.1. The number of fused-ring (bicyclic) bond motifs is 2. The van der Waals surface area contributed by atoms with Crippen LogP contribution in [0.5, 0.6) is 5.75 Å². The number of pyridine rings is 2. The van der Waals surface area contributed by atoms with E-state index in [-0.39, 0.29) is 5.82 Å². The van der Waals surface area contributed by atoms with Gasteiger partial charge in [0.05, 0.1) is 34.8 Å². The van der Waals surface area contributed by atoms with Gasteiger partial charge in [-0.1, -0.05) is 6.07 Å². The molecule has 0 atom stereocenters. The van der Waals surface area contributed by atoms with Crippen LogP contribution in [0.25, 0.3) is 22.3 Å². The van der Waals surface area contributed by atoms with Crippen molar-refractivity contribution in [2.45, 2.75) is 13.8 Å². The lowest BCUT2D eigenvalue weighted by Crippen LogP contribution is -2.30. The van der Waals surface area contributed by atoms with Crippen LogP contribution in [-0.4, -0.2) is 36.7 Å². The van der Waals surface area contributed by atoms with Gasteiger partial charge in [0.15, 0.2) is 0 Å². The van der Waals surface area contributed by atoms with E-state index in [1.807, 2.05) is 30.3 Å². The van der Waals surface area contributed by atoms with Gasteiger partial charge in [-0.3, -0.25) is 4.98 Å². The van der Waals surface area contributed by atoms with Crippen LogP contribution in [0.15, 0.2) is 60.8 Å². The van der Waals surface area contributed by atoms with E-state index < -0.39 is 0 Å². The minimum Gasteiger partial charge on any atom is -0.490 e. The zero-order chi connectivity index (χ0) is 22.2. The molecule has 0 spiro atoms. The lowest BCUT2D eigenvalue weighted by molar-refractivity contribution is 0.314. The second-order valence-electron chi connectivity index (χ2n) is 7.98. The summed E-state index contributed by atoms with van der Waals surface area (Å²) < 4.78 is 20.2. The standard InChI is InChI=1S/C26H25FN4O/c1-4-30(3)19-9-11-24-23(16-19)31(13-14-32-24)26-17(2)25(21-7-5-6-12-28-21)29-22-15-18(27)8-10-20(22)26/h5-12,15-16H,4,13-14H2,1-3H3. The fourth-order valence-corrected chi connectivity index (χ4v) is 4.27. The smallest absolute Gasteiger partial charge is 0.143 e. The third-order valence-electron chi connectivity index (χ3n) is 6.06. The number of benzene rings is 2. The molecule has 0 aliphatic carbocycles. The summed E-state index contributed by atoms with van der Waals surface area (Å²) in [6.45, 7) is 6.35. The molecule has 0 radical (unpaired) electrons. The van der Waals surface area contributed by atoms with Gasteiger partial charge in [-0.25, -0.2) is 9.37 Å². The molecule has 162 valence electrons. The maximum atomic E-state index is 14.2. The molecule has 2 aromatic carbocycles. The molecule has 2 aromatic heterocycles. The van der Waals surface area contributed by atoms with E-state index in [0.717, 1.165) is 51.7 Å². The van der Waals surface area contributed by atoms with Gasteiger partial charge in [-0.05, 0) is 56.3 Å². The fraction of sp³-hybridized carbons (Fsp3) is 0.231. The highest BCUT2D eigenvalue weighted by atomic mass is 19.1. The Balaban J connectivity index is 1.77. The monoisotopic (exact) mass is 428 g/mol. The Kier molecular flexibility index (Phi) is 5.13. The maximum Gasteiger partial charge on any atom is 0.143 e. The van der Waals surface area contributed by atoms with Crippen molar-refractivity contribution >= 4 is 28.0 Å². The van der Waals surface area contributed by atoms with Crippen molar-refractivity contribution in [3.63, 3.8) is 0 Å². The predicted molar refractivity (Wildman–Crippen MR) is 128 cm³/mol. The van der Waals surface area contributed by atoms with Crippen molar-refractivity contribution in [3.05, 3.63) is 72.2 Å². The summed E-state index contributed by atoms with van der Waals surface area (Å²) in [4.78, 5) is 13.8.